The van der Waals surface area contributed by atoms with Crippen LogP contribution in [0.25, 0.3) is 0 Å². The summed E-state index contributed by atoms with van der Waals surface area (Å²) in [5.41, 5.74) is 0.914. The highest BCUT2D eigenvalue weighted by atomic mass is 16.5. The zero-order valence-electron chi connectivity index (χ0n) is 15.0. The lowest BCUT2D eigenvalue weighted by molar-refractivity contribution is -0.122. The molecular formula is C22H22O5. The van der Waals surface area contributed by atoms with Crippen molar-refractivity contribution in [3.63, 3.8) is 0 Å². The summed E-state index contributed by atoms with van der Waals surface area (Å²) in [5, 5.41) is 0. The number of hydrogen-bond acceptors (Lipinski definition) is 5. The van der Waals surface area contributed by atoms with E-state index in [1.54, 1.807) is 54.6 Å². The van der Waals surface area contributed by atoms with E-state index in [2.05, 4.69) is 0 Å². The first kappa shape index (κ1) is 20.2. The van der Waals surface area contributed by atoms with Crippen LogP contribution in [-0.4, -0.2) is 30.4 Å². The number of esters is 1. The van der Waals surface area contributed by atoms with E-state index in [-0.39, 0.29) is 31.0 Å². The summed E-state index contributed by atoms with van der Waals surface area (Å²) in [5.74, 6) is -1.83. The number of unbranched alkanes of at least 4 members (excludes halogenated alkanes) is 1. The average molecular weight is 366 g/mol. The SMILES string of the molecule is O=CC(CC(=O)CCCCOC(=O)c1ccccc1)C(=O)c1ccccc1. The molecule has 0 aliphatic rings. The topological polar surface area (TPSA) is 77.5 Å². The van der Waals surface area contributed by atoms with Gasteiger partial charge in [0.2, 0.25) is 0 Å². The van der Waals surface area contributed by atoms with E-state index in [4.69, 9.17) is 4.74 Å². The quantitative estimate of drug-likeness (QED) is 0.199. The van der Waals surface area contributed by atoms with E-state index >= 15 is 0 Å². The fourth-order valence-electron chi connectivity index (χ4n) is 2.61. The standard InChI is InChI=1S/C22H22O5/c23-16-19(21(25)17-9-3-1-4-10-17)15-20(24)13-7-8-14-27-22(26)18-11-5-2-6-12-18/h1-6,9-12,16,19H,7-8,13-15H2. The van der Waals surface area contributed by atoms with Crippen LogP contribution in [0.5, 0.6) is 0 Å². The molecule has 5 nitrogen and oxygen atoms in total. The number of Topliss-reactive ketones (excluding diaryl/α,β-unsaturated/α-hetero) is 2. The van der Waals surface area contributed by atoms with E-state index in [0.717, 1.165) is 0 Å². The van der Waals surface area contributed by atoms with Crippen LogP contribution < -0.4 is 0 Å². The molecule has 1 unspecified atom stereocenters. The fraction of sp³-hybridized carbons (Fsp3) is 0.273. The molecule has 27 heavy (non-hydrogen) atoms. The highest BCUT2D eigenvalue weighted by Crippen LogP contribution is 2.13. The third kappa shape index (κ3) is 6.62. The van der Waals surface area contributed by atoms with E-state index in [9.17, 15) is 19.2 Å². The molecule has 0 aliphatic carbocycles. The van der Waals surface area contributed by atoms with Crippen molar-refractivity contribution >= 4 is 23.8 Å². The van der Waals surface area contributed by atoms with Crippen molar-refractivity contribution in [3.05, 3.63) is 71.8 Å². The molecule has 0 N–H and O–H groups in total. The van der Waals surface area contributed by atoms with Gasteiger partial charge in [-0.15, -0.1) is 0 Å². The summed E-state index contributed by atoms with van der Waals surface area (Å²) >= 11 is 0. The van der Waals surface area contributed by atoms with E-state index in [1.165, 1.54) is 0 Å². The monoisotopic (exact) mass is 366 g/mol. The molecule has 0 aromatic heterocycles. The summed E-state index contributed by atoms with van der Waals surface area (Å²) in [6.07, 6.45) is 1.76. The number of carbonyl (C=O) groups is 4. The minimum Gasteiger partial charge on any atom is -0.462 e. The minimum absolute atomic E-state index is 0.0962. The summed E-state index contributed by atoms with van der Waals surface area (Å²) in [6.45, 7) is 0.223. The van der Waals surface area contributed by atoms with Crippen LogP contribution in [-0.2, 0) is 14.3 Å². The van der Waals surface area contributed by atoms with Gasteiger partial charge in [0.25, 0.3) is 0 Å². The molecule has 0 saturated carbocycles. The van der Waals surface area contributed by atoms with Crippen LogP contribution >= 0.6 is 0 Å². The number of aldehydes is 1. The first-order chi connectivity index (χ1) is 13.1. The zero-order chi connectivity index (χ0) is 19.5. The minimum atomic E-state index is -0.948. The maximum Gasteiger partial charge on any atom is 0.338 e. The largest absolute Gasteiger partial charge is 0.462 e. The van der Waals surface area contributed by atoms with Gasteiger partial charge >= 0.3 is 5.97 Å². The van der Waals surface area contributed by atoms with E-state index in [0.29, 0.717) is 30.3 Å². The molecule has 0 saturated heterocycles. The van der Waals surface area contributed by atoms with Crippen molar-refractivity contribution in [2.45, 2.75) is 25.7 Å². The smallest absolute Gasteiger partial charge is 0.338 e. The lowest BCUT2D eigenvalue weighted by Gasteiger charge is -2.09. The third-order valence-corrected chi connectivity index (χ3v) is 4.10. The lowest BCUT2D eigenvalue weighted by Crippen LogP contribution is -2.20. The summed E-state index contributed by atoms with van der Waals surface area (Å²) in [4.78, 5) is 47.3. The molecule has 2 rings (SSSR count). The Morgan fingerprint density at radius 2 is 1.44 bits per heavy atom. The van der Waals surface area contributed by atoms with Gasteiger partial charge in [-0.2, -0.15) is 0 Å². The molecule has 5 heteroatoms. The zero-order valence-corrected chi connectivity index (χ0v) is 15.0. The van der Waals surface area contributed by atoms with E-state index in [1.807, 2.05) is 6.07 Å². The predicted octanol–water partition coefficient (Wildman–Crippen LogP) is 3.67. The van der Waals surface area contributed by atoms with Crippen molar-refractivity contribution in [1.29, 1.82) is 0 Å². The second kappa shape index (κ2) is 10.8. The van der Waals surface area contributed by atoms with Crippen LogP contribution in [0.15, 0.2) is 60.7 Å². The Kier molecular flexibility index (Phi) is 8.10. The number of carbonyl (C=O) groups excluding carboxylic acids is 4. The molecule has 2 aromatic rings. The van der Waals surface area contributed by atoms with Gasteiger partial charge in [-0.05, 0) is 25.0 Å². The van der Waals surface area contributed by atoms with Crippen LogP contribution in [0.3, 0.4) is 0 Å². The average Bonchev–Trinajstić information content (AvgIpc) is 2.72. The Morgan fingerprint density at radius 1 is 0.852 bits per heavy atom. The van der Waals surface area contributed by atoms with E-state index < -0.39 is 11.9 Å². The van der Waals surface area contributed by atoms with Crippen LogP contribution in [0, 0.1) is 5.92 Å². The maximum atomic E-state index is 12.3. The number of rotatable bonds is 11. The molecule has 140 valence electrons. The number of ether oxygens (including phenoxy) is 1. The van der Waals surface area contributed by atoms with Gasteiger partial charge in [0, 0.05) is 18.4 Å². The van der Waals surface area contributed by atoms with Gasteiger partial charge in [0.1, 0.15) is 12.1 Å². The Morgan fingerprint density at radius 3 is 2.04 bits per heavy atom. The molecule has 1 atom stereocenters. The van der Waals surface area contributed by atoms with Crippen molar-refractivity contribution < 1.29 is 23.9 Å². The van der Waals surface area contributed by atoms with Crippen LogP contribution in [0.1, 0.15) is 46.4 Å². The first-order valence-electron chi connectivity index (χ1n) is 8.90. The number of ketones is 2. The highest BCUT2D eigenvalue weighted by molar-refractivity contribution is 6.07. The molecule has 0 bridgehead atoms. The lowest BCUT2D eigenvalue weighted by atomic mass is 9.93. The molecule has 0 radical (unpaired) electrons. The first-order valence-corrected chi connectivity index (χ1v) is 8.90. The normalized spacial score (nSPS) is 11.4. The Bertz CT molecular complexity index is 768. The number of hydrogen-bond donors (Lipinski definition) is 0. The molecule has 0 heterocycles. The van der Waals surface area contributed by atoms with Gasteiger partial charge in [0.15, 0.2) is 5.78 Å². The number of benzene rings is 2. The van der Waals surface area contributed by atoms with Crippen LogP contribution in [0.2, 0.25) is 0 Å². The van der Waals surface area contributed by atoms with Crippen molar-refractivity contribution in [2.75, 3.05) is 6.61 Å². The van der Waals surface area contributed by atoms with Crippen molar-refractivity contribution in [2.24, 2.45) is 5.92 Å². The summed E-state index contributed by atoms with van der Waals surface area (Å²) in [6, 6.07) is 17.2. The van der Waals surface area contributed by atoms with Gasteiger partial charge in [-0.3, -0.25) is 9.59 Å². The third-order valence-electron chi connectivity index (χ3n) is 4.10. The van der Waals surface area contributed by atoms with Crippen molar-refractivity contribution in [3.8, 4) is 0 Å². The molecular weight excluding hydrogens is 344 g/mol. The van der Waals surface area contributed by atoms with Crippen molar-refractivity contribution in [1.82, 2.24) is 0 Å². The second-order valence-corrected chi connectivity index (χ2v) is 6.17. The molecule has 0 spiro atoms. The van der Waals surface area contributed by atoms with Gasteiger partial charge in [0.05, 0.1) is 18.1 Å². The molecule has 0 fully saturated rings. The summed E-state index contributed by atoms with van der Waals surface area (Å²) in [7, 11) is 0. The fourth-order valence-corrected chi connectivity index (χ4v) is 2.61. The second-order valence-electron chi connectivity index (χ2n) is 6.17. The Labute approximate surface area is 158 Å². The summed E-state index contributed by atoms with van der Waals surface area (Å²) < 4.78 is 5.15. The molecule has 0 aliphatic heterocycles. The Balaban J connectivity index is 1.68. The Hall–Kier alpha value is -3.08. The van der Waals surface area contributed by atoms with Gasteiger partial charge in [-0.25, -0.2) is 4.79 Å². The predicted molar refractivity (Wildman–Crippen MR) is 101 cm³/mol. The maximum absolute atomic E-state index is 12.3. The van der Waals surface area contributed by atoms with Gasteiger partial charge < -0.3 is 9.53 Å². The highest BCUT2D eigenvalue weighted by Gasteiger charge is 2.22. The molecule has 2 aromatic carbocycles. The van der Waals surface area contributed by atoms with Gasteiger partial charge in [-0.1, -0.05) is 48.5 Å². The molecule has 0 amide bonds. The van der Waals surface area contributed by atoms with Crippen LogP contribution in [0.4, 0.5) is 0 Å².